The highest BCUT2D eigenvalue weighted by atomic mass is 16.5. The van der Waals surface area contributed by atoms with Crippen LogP contribution in [0.1, 0.15) is 51.5 Å². The molecule has 0 aliphatic heterocycles. The van der Waals surface area contributed by atoms with Gasteiger partial charge in [0, 0.05) is 12.5 Å². The molecule has 3 rings (SSSR count). The minimum atomic E-state index is 0.173. The number of benzene rings is 1. The SMILES string of the molecule is CCOc1ccccc1CCC(=O)NC(C)C1CC2CCC1C2. The Morgan fingerprint density at radius 1 is 1.30 bits per heavy atom. The second-order valence-corrected chi connectivity index (χ2v) is 7.24. The summed E-state index contributed by atoms with van der Waals surface area (Å²) >= 11 is 0. The van der Waals surface area contributed by atoms with Gasteiger partial charge in [0.25, 0.3) is 0 Å². The van der Waals surface area contributed by atoms with Crippen molar-refractivity contribution in [3.8, 4) is 5.75 Å². The van der Waals surface area contributed by atoms with E-state index in [1.54, 1.807) is 0 Å². The molecule has 126 valence electrons. The van der Waals surface area contributed by atoms with Crippen LogP contribution in [-0.4, -0.2) is 18.6 Å². The lowest BCUT2D eigenvalue weighted by atomic mass is 9.84. The molecule has 1 N–H and O–H groups in total. The Kier molecular flexibility index (Phi) is 5.24. The van der Waals surface area contributed by atoms with E-state index in [4.69, 9.17) is 4.74 Å². The van der Waals surface area contributed by atoms with Gasteiger partial charge in [-0.1, -0.05) is 24.6 Å². The lowest BCUT2D eigenvalue weighted by Gasteiger charge is -2.28. The van der Waals surface area contributed by atoms with E-state index in [-0.39, 0.29) is 5.91 Å². The van der Waals surface area contributed by atoms with Crippen molar-refractivity contribution in [1.82, 2.24) is 5.32 Å². The molecule has 2 saturated carbocycles. The Morgan fingerprint density at radius 3 is 2.83 bits per heavy atom. The van der Waals surface area contributed by atoms with Crippen molar-refractivity contribution in [3.05, 3.63) is 29.8 Å². The van der Waals surface area contributed by atoms with Crippen LogP contribution >= 0.6 is 0 Å². The van der Waals surface area contributed by atoms with Gasteiger partial charge >= 0.3 is 0 Å². The van der Waals surface area contributed by atoms with Crippen LogP contribution in [0, 0.1) is 17.8 Å². The number of aryl methyl sites for hydroxylation is 1. The molecule has 0 aromatic heterocycles. The molecular formula is C20H29NO2. The van der Waals surface area contributed by atoms with Crippen LogP contribution in [0.4, 0.5) is 0 Å². The summed E-state index contributed by atoms with van der Waals surface area (Å²) in [5, 5.41) is 3.25. The normalized spacial score (nSPS) is 27.0. The Hall–Kier alpha value is -1.51. The van der Waals surface area contributed by atoms with E-state index in [2.05, 4.69) is 18.3 Å². The van der Waals surface area contributed by atoms with Crippen LogP contribution in [0.2, 0.25) is 0 Å². The maximum absolute atomic E-state index is 12.3. The van der Waals surface area contributed by atoms with Gasteiger partial charge in [0.05, 0.1) is 6.61 Å². The van der Waals surface area contributed by atoms with Gasteiger partial charge in [-0.05, 0) is 68.9 Å². The van der Waals surface area contributed by atoms with Crippen molar-refractivity contribution in [2.24, 2.45) is 17.8 Å². The minimum Gasteiger partial charge on any atom is -0.494 e. The molecule has 0 radical (unpaired) electrons. The summed E-state index contributed by atoms with van der Waals surface area (Å²) < 4.78 is 5.63. The van der Waals surface area contributed by atoms with Crippen molar-refractivity contribution in [1.29, 1.82) is 0 Å². The third-order valence-corrected chi connectivity index (χ3v) is 5.72. The molecule has 3 heteroatoms. The summed E-state index contributed by atoms with van der Waals surface area (Å²) in [6.07, 6.45) is 6.78. The van der Waals surface area contributed by atoms with Crippen molar-refractivity contribution >= 4 is 5.91 Å². The summed E-state index contributed by atoms with van der Waals surface area (Å²) in [7, 11) is 0. The van der Waals surface area contributed by atoms with E-state index in [9.17, 15) is 4.79 Å². The van der Waals surface area contributed by atoms with Crippen LogP contribution in [0.3, 0.4) is 0 Å². The summed E-state index contributed by atoms with van der Waals surface area (Å²) in [4.78, 5) is 12.3. The van der Waals surface area contributed by atoms with Gasteiger partial charge in [-0.2, -0.15) is 0 Å². The standard InChI is InChI=1S/C20H29NO2/c1-3-23-19-7-5-4-6-16(19)10-11-20(22)21-14(2)18-13-15-8-9-17(18)12-15/h4-7,14-15,17-18H,3,8-13H2,1-2H3,(H,21,22). The van der Waals surface area contributed by atoms with Crippen LogP contribution in [0.15, 0.2) is 24.3 Å². The van der Waals surface area contributed by atoms with E-state index in [1.165, 1.54) is 25.7 Å². The molecule has 1 amide bonds. The Labute approximate surface area is 139 Å². The predicted molar refractivity (Wildman–Crippen MR) is 92.5 cm³/mol. The minimum absolute atomic E-state index is 0.173. The van der Waals surface area contributed by atoms with Crippen LogP contribution in [-0.2, 0) is 11.2 Å². The second-order valence-electron chi connectivity index (χ2n) is 7.24. The van der Waals surface area contributed by atoms with Gasteiger partial charge in [0.1, 0.15) is 5.75 Å². The molecule has 2 aliphatic rings. The first-order chi connectivity index (χ1) is 11.2. The molecule has 4 atom stereocenters. The molecular weight excluding hydrogens is 286 g/mol. The van der Waals surface area contributed by atoms with Crippen molar-refractivity contribution in [3.63, 3.8) is 0 Å². The summed E-state index contributed by atoms with van der Waals surface area (Å²) in [5.74, 6) is 3.57. The number of ether oxygens (including phenoxy) is 1. The van der Waals surface area contributed by atoms with Crippen molar-refractivity contribution in [2.75, 3.05) is 6.61 Å². The number of hydrogen-bond acceptors (Lipinski definition) is 2. The first-order valence-corrected chi connectivity index (χ1v) is 9.17. The quantitative estimate of drug-likeness (QED) is 0.827. The molecule has 3 nitrogen and oxygen atoms in total. The van der Waals surface area contributed by atoms with Crippen LogP contribution in [0.5, 0.6) is 5.75 Å². The lowest BCUT2D eigenvalue weighted by molar-refractivity contribution is -0.122. The highest BCUT2D eigenvalue weighted by Crippen LogP contribution is 2.49. The molecule has 0 heterocycles. The fourth-order valence-corrected chi connectivity index (χ4v) is 4.59. The lowest BCUT2D eigenvalue weighted by Crippen LogP contribution is -2.40. The van der Waals surface area contributed by atoms with E-state index >= 15 is 0 Å². The molecule has 4 unspecified atom stereocenters. The fraction of sp³-hybridized carbons (Fsp3) is 0.650. The number of rotatable bonds is 7. The van der Waals surface area contributed by atoms with E-state index in [0.717, 1.165) is 29.6 Å². The highest BCUT2D eigenvalue weighted by Gasteiger charge is 2.42. The molecule has 1 aromatic carbocycles. The maximum atomic E-state index is 12.3. The van der Waals surface area contributed by atoms with Crippen molar-refractivity contribution in [2.45, 2.75) is 58.4 Å². The molecule has 0 saturated heterocycles. The number of para-hydroxylation sites is 1. The first kappa shape index (κ1) is 16.4. The number of carbonyl (C=O) groups is 1. The van der Waals surface area contributed by atoms with Crippen LogP contribution < -0.4 is 10.1 Å². The molecule has 0 spiro atoms. The molecule has 2 bridgehead atoms. The number of hydrogen-bond donors (Lipinski definition) is 1. The number of carbonyl (C=O) groups excluding carboxylic acids is 1. The second kappa shape index (κ2) is 7.37. The number of fused-ring (bicyclic) bond motifs is 2. The Balaban J connectivity index is 1.48. The fourth-order valence-electron chi connectivity index (χ4n) is 4.59. The number of amides is 1. The third kappa shape index (κ3) is 3.88. The predicted octanol–water partition coefficient (Wildman–Crippen LogP) is 3.96. The van der Waals surface area contributed by atoms with Gasteiger partial charge in [-0.25, -0.2) is 0 Å². The molecule has 23 heavy (non-hydrogen) atoms. The van der Waals surface area contributed by atoms with Crippen LogP contribution in [0.25, 0.3) is 0 Å². The average Bonchev–Trinajstić information content (AvgIpc) is 3.17. The topological polar surface area (TPSA) is 38.3 Å². The summed E-state index contributed by atoms with van der Waals surface area (Å²) in [5.41, 5.74) is 1.12. The maximum Gasteiger partial charge on any atom is 0.220 e. The van der Waals surface area contributed by atoms with Crippen molar-refractivity contribution < 1.29 is 9.53 Å². The summed E-state index contributed by atoms with van der Waals surface area (Å²) in [6, 6.07) is 8.34. The zero-order valence-corrected chi connectivity index (χ0v) is 14.4. The zero-order chi connectivity index (χ0) is 16.2. The average molecular weight is 315 g/mol. The van der Waals surface area contributed by atoms with E-state index in [1.807, 2.05) is 25.1 Å². The smallest absolute Gasteiger partial charge is 0.220 e. The molecule has 1 aromatic rings. The Bertz CT molecular complexity index is 542. The largest absolute Gasteiger partial charge is 0.494 e. The van der Waals surface area contributed by atoms with Gasteiger partial charge in [-0.3, -0.25) is 4.79 Å². The molecule has 2 aliphatic carbocycles. The van der Waals surface area contributed by atoms with Gasteiger partial charge < -0.3 is 10.1 Å². The van der Waals surface area contributed by atoms with E-state index in [0.29, 0.717) is 25.0 Å². The monoisotopic (exact) mass is 315 g/mol. The molecule has 2 fully saturated rings. The number of nitrogens with one attached hydrogen (secondary N) is 1. The van der Waals surface area contributed by atoms with Gasteiger partial charge in [0.2, 0.25) is 5.91 Å². The van der Waals surface area contributed by atoms with Gasteiger partial charge in [-0.15, -0.1) is 0 Å². The Morgan fingerprint density at radius 2 is 2.13 bits per heavy atom. The summed E-state index contributed by atoms with van der Waals surface area (Å²) in [6.45, 7) is 4.84. The van der Waals surface area contributed by atoms with E-state index < -0.39 is 0 Å². The zero-order valence-electron chi connectivity index (χ0n) is 14.4. The first-order valence-electron chi connectivity index (χ1n) is 9.17. The highest BCUT2D eigenvalue weighted by molar-refractivity contribution is 5.76. The third-order valence-electron chi connectivity index (χ3n) is 5.72. The van der Waals surface area contributed by atoms with Gasteiger partial charge in [0.15, 0.2) is 0 Å².